The molecule has 0 unspecified atom stereocenters. The van der Waals surface area contributed by atoms with E-state index < -0.39 is 0 Å². The van der Waals surface area contributed by atoms with E-state index in [9.17, 15) is 19.2 Å². The van der Waals surface area contributed by atoms with E-state index in [2.05, 4.69) is 0 Å². The molecular weight excluding hydrogens is 697 g/mol. The van der Waals surface area contributed by atoms with Crippen molar-refractivity contribution in [2.24, 2.45) is 20.0 Å². The lowest BCUT2D eigenvalue weighted by molar-refractivity contribution is 0.111. The average Bonchev–Trinajstić information content (AvgIpc) is 4.10. The fourth-order valence-corrected chi connectivity index (χ4v) is 7.18. The van der Waals surface area contributed by atoms with Gasteiger partial charge in [0, 0.05) is 44.5 Å². The number of aliphatic imine (C=N–C) groups is 4. The molecule has 0 saturated carbocycles. The summed E-state index contributed by atoms with van der Waals surface area (Å²) >= 11 is 0. The van der Waals surface area contributed by atoms with Crippen molar-refractivity contribution in [3.8, 4) is 0 Å². The van der Waals surface area contributed by atoms with Crippen LogP contribution in [0.4, 0.5) is 0 Å². The highest BCUT2D eigenvalue weighted by molar-refractivity contribution is 6.39. The smallest absolute Gasteiger partial charge is 0.150 e. The highest BCUT2D eigenvalue weighted by Gasteiger charge is 2.27. The van der Waals surface area contributed by atoms with Crippen molar-refractivity contribution in [1.82, 2.24) is 0 Å². The second-order valence-electron chi connectivity index (χ2n) is 13.3. The quantitative estimate of drug-likeness (QED) is 0.169. The zero-order valence-corrected chi connectivity index (χ0v) is 29.6. The van der Waals surface area contributed by atoms with Crippen molar-refractivity contribution >= 4 is 70.3 Å². The van der Waals surface area contributed by atoms with Crippen LogP contribution in [-0.4, -0.2) is 48.0 Å². The Hall–Kier alpha value is -7.84. The molecule has 5 aliphatic heterocycles. The number of rotatable bonds is 8. The van der Waals surface area contributed by atoms with Gasteiger partial charge in [-0.2, -0.15) is 0 Å². The van der Waals surface area contributed by atoms with Crippen LogP contribution in [0, 0.1) is 0 Å². The fraction of sp³-hybridized carbons (Fsp3) is 0. The van der Waals surface area contributed by atoms with Gasteiger partial charge in [0.25, 0.3) is 0 Å². The van der Waals surface area contributed by atoms with E-state index >= 15 is 0 Å². The predicted molar refractivity (Wildman–Crippen MR) is 221 cm³/mol. The molecule has 4 aromatic rings. The van der Waals surface area contributed by atoms with Crippen LogP contribution in [0.5, 0.6) is 0 Å². The van der Waals surface area contributed by atoms with Crippen LogP contribution < -0.4 is 0 Å². The molecule has 8 heteroatoms. The van der Waals surface area contributed by atoms with Crippen LogP contribution in [0.25, 0.3) is 22.3 Å². The van der Waals surface area contributed by atoms with Gasteiger partial charge >= 0.3 is 0 Å². The third kappa shape index (κ3) is 6.11. The summed E-state index contributed by atoms with van der Waals surface area (Å²) in [5.74, 6) is 0. The predicted octanol–water partition coefficient (Wildman–Crippen LogP) is 8.94. The Balaban J connectivity index is 1.35. The molecule has 5 aliphatic rings. The number of allylic oxidation sites excluding steroid dienone is 12. The SMILES string of the molecule is O=Cc1ccc(C2=C3C=CC(=N3)C(c3ccc(C=O)cc3)=C3C=CC(=N3)C(c3ccc(C=O)cc3)=C3C=CC(=N3)C(c3ccc(C=O)cc3)=C3C=CC2=N3)cc1. The van der Waals surface area contributed by atoms with Crippen LogP contribution >= 0.6 is 0 Å². The summed E-state index contributed by atoms with van der Waals surface area (Å²) in [6, 6.07) is 29.3. The Morgan fingerprint density at radius 2 is 0.464 bits per heavy atom. The van der Waals surface area contributed by atoms with Crippen molar-refractivity contribution in [3.05, 3.63) is 213 Å². The number of benzene rings is 4. The second kappa shape index (κ2) is 14.2. The van der Waals surface area contributed by atoms with Gasteiger partial charge in [0.15, 0.2) is 0 Å². The highest BCUT2D eigenvalue weighted by Crippen LogP contribution is 2.38. The van der Waals surface area contributed by atoms with E-state index in [1.165, 1.54) is 0 Å². The molecule has 0 fully saturated rings. The minimum Gasteiger partial charge on any atom is -0.298 e. The molecule has 0 aromatic heterocycles. The third-order valence-electron chi connectivity index (χ3n) is 9.95. The molecule has 0 atom stereocenters. The topological polar surface area (TPSA) is 118 Å². The Morgan fingerprint density at radius 3 is 0.643 bits per heavy atom. The van der Waals surface area contributed by atoms with Crippen LogP contribution in [0.3, 0.4) is 0 Å². The molecule has 0 N–H and O–H groups in total. The Morgan fingerprint density at radius 1 is 0.268 bits per heavy atom. The zero-order chi connectivity index (χ0) is 38.2. The molecule has 0 saturated heterocycles. The zero-order valence-electron chi connectivity index (χ0n) is 29.6. The molecule has 4 aromatic carbocycles. The van der Waals surface area contributed by atoms with Gasteiger partial charge in [0.2, 0.25) is 0 Å². The minimum atomic E-state index is 0.547. The van der Waals surface area contributed by atoms with Gasteiger partial charge in [-0.15, -0.1) is 0 Å². The molecule has 8 bridgehead atoms. The molecule has 264 valence electrons. The maximum atomic E-state index is 11.6. The lowest BCUT2D eigenvalue weighted by Gasteiger charge is -2.13. The molecule has 0 amide bonds. The Bertz CT molecular complexity index is 2400. The molecular formula is C48H28N4O4. The molecule has 56 heavy (non-hydrogen) atoms. The molecule has 8 nitrogen and oxygen atoms in total. The van der Waals surface area contributed by atoms with E-state index in [1.807, 2.05) is 97.1 Å². The fourth-order valence-electron chi connectivity index (χ4n) is 7.18. The van der Waals surface area contributed by atoms with Crippen LogP contribution in [0.2, 0.25) is 0 Å². The Kier molecular flexibility index (Phi) is 8.60. The van der Waals surface area contributed by atoms with E-state index in [-0.39, 0.29) is 0 Å². The van der Waals surface area contributed by atoms with E-state index in [0.717, 1.165) is 69.7 Å². The van der Waals surface area contributed by atoms with Gasteiger partial charge in [0.05, 0.1) is 45.6 Å². The van der Waals surface area contributed by atoms with Gasteiger partial charge in [-0.05, 0) is 70.9 Å². The summed E-state index contributed by atoms with van der Waals surface area (Å²) in [6.45, 7) is 0. The first-order valence-electron chi connectivity index (χ1n) is 17.8. The summed E-state index contributed by atoms with van der Waals surface area (Å²) in [6.07, 6.45) is 18.9. The molecule has 5 heterocycles. The van der Waals surface area contributed by atoms with Gasteiger partial charge < -0.3 is 0 Å². The summed E-state index contributed by atoms with van der Waals surface area (Å²) in [4.78, 5) is 67.4. The molecule has 9 rings (SSSR count). The highest BCUT2D eigenvalue weighted by atomic mass is 16.1. The van der Waals surface area contributed by atoms with Gasteiger partial charge in [0.1, 0.15) is 25.1 Å². The first kappa shape index (κ1) is 34.0. The number of nitrogens with zero attached hydrogens (tertiary/aromatic N) is 4. The van der Waals surface area contributed by atoms with Gasteiger partial charge in [-0.1, -0.05) is 97.1 Å². The normalized spacial score (nSPS) is 16.7. The number of hydrogen-bond acceptors (Lipinski definition) is 8. The maximum Gasteiger partial charge on any atom is 0.150 e. The minimum absolute atomic E-state index is 0.547. The van der Waals surface area contributed by atoms with Crippen molar-refractivity contribution in [3.63, 3.8) is 0 Å². The molecule has 0 radical (unpaired) electrons. The Labute approximate surface area is 321 Å². The summed E-state index contributed by atoms with van der Waals surface area (Å²) in [5.41, 5.74) is 13.8. The van der Waals surface area contributed by atoms with Crippen molar-refractivity contribution in [2.45, 2.75) is 0 Å². The number of fused-ring (bicyclic) bond motifs is 4. The van der Waals surface area contributed by atoms with Crippen LogP contribution in [0.15, 0.2) is 188 Å². The first-order chi connectivity index (χ1) is 27.5. The van der Waals surface area contributed by atoms with Crippen molar-refractivity contribution in [1.29, 1.82) is 0 Å². The monoisotopic (exact) mass is 724 g/mol. The maximum absolute atomic E-state index is 11.6. The van der Waals surface area contributed by atoms with Crippen molar-refractivity contribution < 1.29 is 19.2 Å². The summed E-state index contributed by atoms with van der Waals surface area (Å²) in [7, 11) is 0. The second-order valence-corrected chi connectivity index (χ2v) is 13.3. The first-order valence-corrected chi connectivity index (χ1v) is 17.8. The largest absolute Gasteiger partial charge is 0.298 e. The van der Waals surface area contributed by atoms with Crippen molar-refractivity contribution in [2.75, 3.05) is 0 Å². The standard InChI is InChI=1S/C48H28N4O4/c53-25-29-1-9-33(10-2-29)45-37-17-19-39(49-37)46(34-11-3-30(26-54)4-12-34)41-21-23-43(51-41)48(36-15-7-32(28-56)8-16-36)44-24-22-42(52-44)47(40-20-18-38(45)50-40)35-13-5-31(27-55)6-14-35/h1-28H. The number of carbonyl (C=O) groups excluding carboxylic acids is 4. The molecule has 0 spiro atoms. The lowest BCUT2D eigenvalue weighted by Crippen LogP contribution is -2.04. The number of hydrogen-bond donors (Lipinski definition) is 0. The number of carbonyl (C=O) groups is 4. The summed E-state index contributed by atoms with van der Waals surface area (Å²) < 4.78 is 0. The van der Waals surface area contributed by atoms with E-state index in [0.29, 0.717) is 67.9 Å². The summed E-state index contributed by atoms with van der Waals surface area (Å²) in [5, 5.41) is 0. The molecule has 0 aliphatic carbocycles. The van der Waals surface area contributed by atoms with E-state index in [1.54, 1.807) is 48.5 Å². The number of aldehydes is 4. The average molecular weight is 725 g/mol. The van der Waals surface area contributed by atoms with E-state index in [4.69, 9.17) is 20.0 Å². The van der Waals surface area contributed by atoms with Gasteiger partial charge in [-0.3, -0.25) is 19.2 Å². The van der Waals surface area contributed by atoms with Gasteiger partial charge in [-0.25, -0.2) is 20.0 Å². The lowest BCUT2D eigenvalue weighted by atomic mass is 9.97. The van der Waals surface area contributed by atoms with Crippen LogP contribution in [0.1, 0.15) is 63.7 Å². The van der Waals surface area contributed by atoms with Crippen LogP contribution in [-0.2, 0) is 0 Å². The third-order valence-corrected chi connectivity index (χ3v) is 9.95.